The lowest BCUT2D eigenvalue weighted by molar-refractivity contribution is -0.114. The number of likely N-dealkylation sites (tertiary alicyclic amines) is 1. The molecular weight excluding hydrogens is 599 g/mol. The molecule has 1 fully saturated rings. The Balaban J connectivity index is 1.59. The van der Waals surface area contributed by atoms with Crippen LogP contribution in [0.1, 0.15) is 24.0 Å². The molecule has 230 valence electrons. The quantitative estimate of drug-likeness (QED) is 0.167. The first-order chi connectivity index (χ1) is 21.2. The van der Waals surface area contributed by atoms with Crippen molar-refractivity contribution in [2.75, 3.05) is 51.5 Å². The summed E-state index contributed by atoms with van der Waals surface area (Å²) in [6, 6.07) is 9.32. The molecule has 11 heteroatoms. The van der Waals surface area contributed by atoms with Gasteiger partial charge in [0.1, 0.15) is 17.0 Å². The molecule has 3 heterocycles. The van der Waals surface area contributed by atoms with Crippen molar-refractivity contribution in [3.8, 4) is 22.8 Å². The first-order valence-electron chi connectivity index (χ1n) is 14.4. The molecule has 44 heavy (non-hydrogen) atoms. The number of para-hydroxylation sites is 1. The second kappa shape index (κ2) is 13.8. The lowest BCUT2D eigenvalue weighted by Crippen LogP contribution is -2.33. The summed E-state index contributed by atoms with van der Waals surface area (Å²) in [7, 11) is 5.23. The standard InChI is InChI=1S/C33H36Cl2N6O3/c1-6-23(42)14-21-9-7-8-19(2)30(21)39-33-37-18-22-15-24(27-28(34)25(43-4)16-26(44-5)29(27)35)38-32(31(22)40-33)36-17-20-10-12-41(3)13-11-20/h6-9,15-16,18,20H,1,10-14,17H2,2-5H3,(H,36,38)(H,37,39,40). The van der Waals surface area contributed by atoms with Crippen LogP contribution < -0.4 is 20.1 Å². The van der Waals surface area contributed by atoms with Gasteiger partial charge in [0.25, 0.3) is 0 Å². The Hall–Kier alpha value is -3.92. The molecule has 1 saturated heterocycles. The molecule has 2 aromatic heterocycles. The fourth-order valence-electron chi connectivity index (χ4n) is 5.40. The summed E-state index contributed by atoms with van der Waals surface area (Å²) < 4.78 is 11.0. The van der Waals surface area contributed by atoms with Crippen LogP contribution >= 0.6 is 23.2 Å². The maximum Gasteiger partial charge on any atom is 0.227 e. The number of methoxy groups -OCH3 is 2. The lowest BCUT2D eigenvalue weighted by atomic mass is 9.97. The minimum Gasteiger partial charge on any atom is -0.495 e. The van der Waals surface area contributed by atoms with E-state index in [1.165, 1.54) is 20.3 Å². The van der Waals surface area contributed by atoms with Gasteiger partial charge in [-0.05, 0) is 69.1 Å². The maximum absolute atomic E-state index is 12.2. The van der Waals surface area contributed by atoms with Crippen molar-refractivity contribution in [3.05, 3.63) is 70.4 Å². The van der Waals surface area contributed by atoms with Crippen LogP contribution in [0.25, 0.3) is 22.2 Å². The highest BCUT2D eigenvalue weighted by Gasteiger charge is 2.23. The predicted octanol–water partition coefficient (Wildman–Crippen LogP) is 7.12. The molecule has 0 saturated carbocycles. The predicted molar refractivity (Wildman–Crippen MR) is 178 cm³/mol. The van der Waals surface area contributed by atoms with E-state index < -0.39 is 0 Å². The van der Waals surface area contributed by atoms with Gasteiger partial charge in [0.2, 0.25) is 5.95 Å². The number of rotatable bonds is 11. The molecule has 0 unspecified atom stereocenters. The number of aryl methyl sites for hydroxylation is 1. The normalized spacial score (nSPS) is 14.0. The van der Waals surface area contributed by atoms with Gasteiger partial charge in [0.05, 0.1) is 30.0 Å². The molecular formula is C33H36Cl2N6O3. The van der Waals surface area contributed by atoms with E-state index in [1.54, 1.807) is 12.3 Å². The number of piperidine rings is 1. The van der Waals surface area contributed by atoms with Crippen molar-refractivity contribution >= 4 is 57.3 Å². The van der Waals surface area contributed by atoms with E-state index in [2.05, 4.69) is 34.1 Å². The van der Waals surface area contributed by atoms with Gasteiger partial charge in [-0.2, -0.15) is 0 Å². The van der Waals surface area contributed by atoms with Crippen LogP contribution in [0.4, 0.5) is 17.5 Å². The van der Waals surface area contributed by atoms with Crippen molar-refractivity contribution in [1.29, 1.82) is 0 Å². The summed E-state index contributed by atoms with van der Waals surface area (Å²) >= 11 is 13.6. The van der Waals surface area contributed by atoms with E-state index in [-0.39, 0.29) is 12.2 Å². The minimum atomic E-state index is -0.0679. The first-order valence-corrected chi connectivity index (χ1v) is 15.2. The molecule has 2 aromatic carbocycles. The smallest absolute Gasteiger partial charge is 0.227 e. The number of carbonyl (C=O) groups is 1. The Labute approximate surface area is 267 Å². The number of nitrogens with zero attached hydrogens (tertiary/aromatic N) is 4. The number of hydrogen-bond donors (Lipinski definition) is 2. The molecule has 0 atom stereocenters. The summed E-state index contributed by atoms with van der Waals surface area (Å²) in [5.74, 6) is 2.24. The third-order valence-electron chi connectivity index (χ3n) is 7.98. The van der Waals surface area contributed by atoms with Gasteiger partial charge in [-0.3, -0.25) is 4.79 Å². The fourth-order valence-corrected chi connectivity index (χ4v) is 6.09. The molecule has 0 aliphatic carbocycles. The van der Waals surface area contributed by atoms with Crippen molar-refractivity contribution in [3.63, 3.8) is 0 Å². The number of benzene rings is 2. The highest BCUT2D eigenvalue weighted by atomic mass is 35.5. The van der Waals surface area contributed by atoms with Crippen LogP contribution in [0.2, 0.25) is 10.0 Å². The number of allylic oxidation sites excluding steroid dienone is 1. The number of ketones is 1. The largest absolute Gasteiger partial charge is 0.495 e. The molecule has 0 bridgehead atoms. The number of ether oxygens (including phenoxy) is 2. The number of fused-ring (bicyclic) bond motifs is 1. The van der Waals surface area contributed by atoms with E-state index in [0.29, 0.717) is 56.0 Å². The van der Waals surface area contributed by atoms with E-state index >= 15 is 0 Å². The monoisotopic (exact) mass is 634 g/mol. The molecule has 0 amide bonds. The Morgan fingerprint density at radius 3 is 2.48 bits per heavy atom. The zero-order valence-electron chi connectivity index (χ0n) is 25.3. The van der Waals surface area contributed by atoms with Crippen LogP contribution in [-0.4, -0.2) is 66.5 Å². The summed E-state index contributed by atoms with van der Waals surface area (Å²) in [5, 5.41) is 8.32. The van der Waals surface area contributed by atoms with E-state index in [1.807, 2.05) is 31.2 Å². The zero-order valence-corrected chi connectivity index (χ0v) is 26.8. The Kier molecular flexibility index (Phi) is 9.88. The third kappa shape index (κ3) is 6.75. The number of pyridine rings is 1. The molecule has 0 spiro atoms. The van der Waals surface area contributed by atoms with Gasteiger partial charge in [-0.15, -0.1) is 0 Å². The molecule has 1 aliphatic rings. The number of carbonyl (C=O) groups excluding carboxylic acids is 1. The highest BCUT2D eigenvalue weighted by Crippen LogP contribution is 2.46. The second-order valence-electron chi connectivity index (χ2n) is 11.0. The number of aromatic nitrogens is 3. The number of nitrogens with one attached hydrogen (secondary N) is 2. The highest BCUT2D eigenvalue weighted by molar-refractivity contribution is 6.41. The second-order valence-corrected chi connectivity index (χ2v) is 11.7. The van der Waals surface area contributed by atoms with Crippen LogP contribution in [0.15, 0.2) is 49.2 Å². The molecule has 0 radical (unpaired) electrons. The zero-order chi connectivity index (χ0) is 31.4. The average Bonchev–Trinajstić information content (AvgIpc) is 3.02. The Bertz CT molecular complexity index is 1680. The average molecular weight is 636 g/mol. The van der Waals surface area contributed by atoms with Gasteiger partial charge < -0.3 is 25.0 Å². The van der Waals surface area contributed by atoms with Crippen LogP contribution in [0, 0.1) is 12.8 Å². The van der Waals surface area contributed by atoms with Gasteiger partial charge in [0, 0.05) is 41.9 Å². The molecule has 4 aromatic rings. The SMILES string of the molecule is C=CC(=O)Cc1cccc(C)c1Nc1ncc2cc(-c3c(Cl)c(OC)cc(OC)c3Cl)nc(NCC3CCN(C)CC3)c2n1. The van der Waals surface area contributed by atoms with Gasteiger partial charge in [-0.1, -0.05) is 48.0 Å². The maximum atomic E-state index is 12.2. The van der Waals surface area contributed by atoms with Gasteiger partial charge in [-0.25, -0.2) is 15.0 Å². The topological polar surface area (TPSA) is 102 Å². The molecule has 9 nitrogen and oxygen atoms in total. The Morgan fingerprint density at radius 2 is 1.82 bits per heavy atom. The first kappa shape index (κ1) is 31.5. The lowest BCUT2D eigenvalue weighted by Gasteiger charge is -2.29. The number of hydrogen-bond acceptors (Lipinski definition) is 9. The van der Waals surface area contributed by atoms with Crippen molar-refractivity contribution < 1.29 is 14.3 Å². The van der Waals surface area contributed by atoms with Gasteiger partial charge in [0.15, 0.2) is 11.6 Å². The van der Waals surface area contributed by atoms with Crippen LogP contribution in [0.5, 0.6) is 11.5 Å². The third-order valence-corrected chi connectivity index (χ3v) is 8.73. The minimum absolute atomic E-state index is 0.0679. The summed E-state index contributed by atoms with van der Waals surface area (Å²) in [5.41, 5.74) is 4.25. The van der Waals surface area contributed by atoms with Crippen LogP contribution in [-0.2, 0) is 11.2 Å². The molecule has 1 aliphatic heterocycles. The Morgan fingerprint density at radius 1 is 1.11 bits per heavy atom. The van der Waals surface area contributed by atoms with E-state index in [0.717, 1.165) is 54.7 Å². The van der Waals surface area contributed by atoms with Gasteiger partial charge >= 0.3 is 0 Å². The fraction of sp³-hybridized carbons (Fsp3) is 0.333. The number of halogens is 2. The van der Waals surface area contributed by atoms with E-state index in [9.17, 15) is 4.79 Å². The molecule has 5 rings (SSSR count). The van der Waals surface area contributed by atoms with Crippen molar-refractivity contribution in [2.24, 2.45) is 5.92 Å². The summed E-state index contributed by atoms with van der Waals surface area (Å²) in [4.78, 5) is 29.1. The van der Waals surface area contributed by atoms with E-state index in [4.69, 9.17) is 42.6 Å². The number of anilines is 3. The van der Waals surface area contributed by atoms with Crippen LogP contribution in [0.3, 0.4) is 0 Å². The van der Waals surface area contributed by atoms with Crippen molar-refractivity contribution in [2.45, 2.75) is 26.2 Å². The molecule has 2 N–H and O–H groups in total. The van der Waals surface area contributed by atoms with Crippen molar-refractivity contribution in [1.82, 2.24) is 19.9 Å². The summed E-state index contributed by atoms with van der Waals surface area (Å²) in [6.07, 6.45) is 5.48. The summed E-state index contributed by atoms with van der Waals surface area (Å²) in [6.45, 7) is 8.43.